The number of carboxylic acid groups (broad SMARTS) is 1. The van der Waals surface area contributed by atoms with Crippen LogP contribution >= 0.6 is 15.9 Å². The second-order valence-electron chi connectivity index (χ2n) is 5.80. The maximum Gasteiger partial charge on any atom is 0.308 e. The van der Waals surface area contributed by atoms with E-state index in [0.717, 1.165) is 15.6 Å². The van der Waals surface area contributed by atoms with E-state index in [1.54, 1.807) is 6.92 Å². The Morgan fingerprint density at radius 1 is 0.958 bits per heavy atom. The smallest absolute Gasteiger partial charge is 0.308 e. The third kappa shape index (κ3) is 4.45. The summed E-state index contributed by atoms with van der Waals surface area (Å²) in [5, 5.41) is 12.3. The quantitative estimate of drug-likeness (QED) is 0.780. The van der Waals surface area contributed by atoms with Crippen molar-refractivity contribution in [3.05, 3.63) is 70.2 Å². The third-order valence-electron chi connectivity index (χ3n) is 4.11. The molecule has 0 aromatic heterocycles. The molecule has 0 fully saturated rings. The minimum Gasteiger partial charge on any atom is -0.481 e. The topological polar surface area (TPSA) is 66.4 Å². The monoisotopic (exact) mass is 389 g/mol. The number of carbonyl (C=O) groups excluding carboxylic acids is 1. The molecule has 1 amide bonds. The highest BCUT2D eigenvalue weighted by atomic mass is 79.9. The molecule has 5 heteroatoms. The average molecular weight is 390 g/mol. The average Bonchev–Trinajstić information content (AvgIpc) is 2.59. The van der Waals surface area contributed by atoms with Gasteiger partial charge in [0, 0.05) is 4.47 Å². The molecule has 0 aliphatic heterocycles. The molecule has 126 valence electrons. The van der Waals surface area contributed by atoms with Crippen LogP contribution in [0.15, 0.2) is 59.1 Å². The molecule has 0 heterocycles. The largest absolute Gasteiger partial charge is 0.481 e. The minimum atomic E-state index is -0.944. The number of rotatable bonds is 6. The van der Waals surface area contributed by atoms with Crippen molar-refractivity contribution in [1.29, 1.82) is 0 Å². The Hall–Kier alpha value is -2.14. The first-order chi connectivity index (χ1) is 11.4. The van der Waals surface area contributed by atoms with Crippen LogP contribution in [0.4, 0.5) is 0 Å². The van der Waals surface area contributed by atoms with Crippen LogP contribution in [0.25, 0.3) is 0 Å². The van der Waals surface area contributed by atoms with Gasteiger partial charge in [0.15, 0.2) is 0 Å². The molecule has 2 rings (SSSR count). The molecule has 0 saturated heterocycles. The first-order valence-corrected chi connectivity index (χ1v) is 8.53. The molecular formula is C19H20BrNO3. The van der Waals surface area contributed by atoms with Gasteiger partial charge >= 0.3 is 5.97 Å². The summed E-state index contributed by atoms with van der Waals surface area (Å²) in [4.78, 5) is 24.0. The van der Waals surface area contributed by atoms with E-state index in [2.05, 4.69) is 21.2 Å². The molecule has 3 unspecified atom stereocenters. The lowest BCUT2D eigenvalue weighted by Crippen LogP contribution is -2.37. The Kier molecular flexibility index (Phi) is 6.15. The van der Waals surface area contributed by atoms with Gasteiger partial charge in [-0.2, -0.15) is 0 Å². The highest BCUT2D eigenvalue weighted by Crippen LogP contribution is 2.25. The number of amides is 1. The second-order valence-corrected chi connectivity index (χ2v) is 6.71. The fraction of sp³-hybridized carbons (Fsp3) is 0.263. The van der Waals surface area contributed by atoms with Crippen LogP contribution in [-0.4, -0.2) is 17.0 Å². The zero-order valence-electron chi connectivity index (χ0n) is 13.6. The molecule has 0 spiro atoms. The van der Waals surface area contributed by atoms with E-state index in [9.17, 15) is 14.7 Å². The second kappa shape index (κ2) is 8.11. The number of nitrogens with one attached hydrogen (secondary N) is 1. The summed E-state index contributed by atoms with van der Waals surface area (Å²) in [6.07, 6.45) is 0. The summed E-state index contributed by atoms with van der Waals surface area (Å²) >= 11 is 3.37. The van der Waals surface area contributed by atoms with Crippen molar-refractivity contribution in [3.63, 3.8) is 0 Å². The highest BCUT2D eigenvalue weighted by molar-refractivity contribution is 9.10. The number of hydrogen-bond acceptors (Lipinski definition) is 2. The standard InChI is InChI=1S/C19H20BrNO3/c1-12(14-8-10-16(20)11-9-14)18(22)21-17(13(2)19(23)24)15-6-4-3-5-7-15/h3-13,17H,1-2H3,(H,21,22)(H,23,24). The van der Waals surface area contributed by atoms with Gasteiger partial charge in [-0.1, -0.05) is 58.4 Å². The number of hydrogen-bond donors (Lipinski definition) is 2. The number of halogens is 1. The van der Waals surface area contributed by atoms with Crippen molar-refractivity contribution in [2.45, 2.75) is 25.8 Å². The van der Waals surface area contributed by atoms with Crippen molar-refractivity contribution in [2.75, 3.05) is 0 Å². The molecule has 0 radical (unpaired) electrons. The highest BCUT2D eigenvalue weighted by Gasteiger charge is 2.28. The maximum atomic E-state index is 12.6. The van der Waals surface area contributed by atoms with Gasteiger partial charge in [-0.25, -0.2) is 0 Å². The molecule has 2 aromatic rings. The summed E-state index contributed by atoms with van der Waals surface area (Å²) in [5.74, 6) is -2.24. The minimum absolute atomic E-state index is 0.195. The van der Waals surface area contributed by atoms with Crippen LogP contribution in [0, 0.1) is 5.92 Å². The lowest BCUT2D eigenvalue weighted by molar-refractivity contribution is -0.142. The number of carboxylic acids is 1. The predicted molar refractivity (Wildman–Crippen MR) is 96.7 cm³/mol. The SMILES string of the molecule is CC(C(=O)NC(c1ccccc1)C(C)C(=O)O)c1ccc(Br)cc1. The Bertz CT molecular complexity index is 700. The molecule has 4 nitrogen and oxygen atoms in total. The van der Waals surface area contributed by atoms with Crippen molar-refractivity contribution in [2.24, 2.45) is 5.92 Å². The zero-order chi connectivity index (χ0) is 17.7. The Morgan fingerprint density at radius 2 is 1.54 bits per heavy atom. The van der Waals surface area contributed by atoms with Crippen LogP contribution in [0.2, 0.25) is 0 Å². The first-order valence-electron chi connectivity index (χ1n) is 7.73. The molecule has 24 heavy (non-hydrogen) atoms. The van der Waals surface area contributed by atoms with E-state index >= 15 is 0 Å². The molecule has 0 bridgehead atoms. The van der Waals surface area contributed by atoms with Gasteiger partial charge in [0.05, 0.1) is 17.9 Å². The number of carbonyl (C=O) groups is 2. The lowest BCUT2D eigenvalue weighted by atomic mass is 9.93. The van der Waals surface area contributed by atoms with E-state index in [0.29, 0.717) is 0 Å². The Morgan fingerprint density at radius 3 is 2.08 bits per heavy atom. The Balaban J connectivity index is 2.20. The van der Waals surface area contributed by atoms with E-state index in [1.165, 1.54) is 0 Å². The Labute approximate surface area is 150 Å². The van der Waals surface area contributed by atoms with Gasteiger partial charge in [-0.3, -0.25) is 9.59 Å². The van der Waals surface area contributed by atoms with Crippen molar-refractivity contribution < 1.29 is 14.7 Å². The summed E-state index contributed by atoms with van der Waals surface area (Å²) in [6, 6.07) is 16.1. The normalized spacial score (nSPS) is 14.5. The maximum absolute atomic E-state index is 12.6. The van der Waals surface area contributed by atoms with E-state index in [4.69, 9.17) is 0 Å². The zero-order valence-corrected chi connectivity index (χ0v) is 15.2. The molecule has 0 aliphatic rings. The fourth-order valence-corrected chi connectivity index (χ4v) is 2.75. The van der Waals surface area contributed by atoms with Crippen LogP contribution in [-0.2, 0) is 9.59 Å². The van der Waals surface area contributed by atoms with E-state index in [1.807, 2.05) is 61.5 Å². The van der Waals surface area contributed by atoms with Crippen LogP contribution in [0.3, 0.4) is 0 Å². The molecule has 3 atom stereocenters. The predicted octanol–water partition coefficient (Wildman–Crippen LogP) is 4.13. The van der Waals surface area contributed by atoms with Gasteiger partial charge in [0.2, 0.25) is 5.91 Å². The number of aliphatic carboxylic acids is 1. The molecule has 2 aromatic carbocycles. The summed E-state index contributed by atoms with van der Waals surface area (Å²) in [7, 11) is 0. The van der Waals surface area contributed by atoms with Gasteiger partial charge in [-0.05, 0) is 37.1 Å². The molecule has 0 aliphatic carbocycles. The van der Waals surface area contributed by atoms with Gasteiger partial charge in [-0.15, -0.1) is 0 Å². The van der Waals surface area contributed by atoms with Crippen LogP contribution in [0.5, 0.6) is 0 Å². The van der Waals surface area contributed by atoms with E-state index in [-0.39, 0.29) is 11.8 Å². The van der Waals surface area contributed by atoms with Gasteiger partial charge < -0.3 is 10.4 Å². The number of benzene rings is 2. The van der Waals surface area contributed by atoms with Gasteiger partial charge in [0.25, 0.3) is 0 Å². The summed E-state index contributed by atoms with van der Waals surface area (Å²) in [6.45, 7) is 3.41. The first kappa shape index (κ1) is 18.2. The lowest BCUT2D eigenvalue weighted by Gasteiger charge is -2.25. The molecule has 0 saturated carbocycles. The van der Waals surface area contributed by atoms with Gasteiger partial charge in [0.1, 0.15) is 0 Å². The summed E-state index contributed by atoms with van der Waals surface area (Å²) < 4.78 is 0.945. The fourth-order valence-electron chi connectivity index (χ4n) is 2.48. The molecular weight excluding hydrogens is 370 g/mol. The van der Waals surface area contributed by atoms with Crippen LogP contribution in [0.1, 0.15) is 36.9 Å². The van der Waals surface area contributed by atoms with Crippen LogP contribution < -0.4 is 5.32 Å². The van der Waals surface area contributed by atoms with E-state index < -0.39 is 17.9 Å². The van der Waals surface area contributed by atoms with Crippen molar-refractivity contribution in [3.8, 4) is 0 Å². The molecule has 2 N–H and O–H groups in total. The third-order valence-corrected chi connectivity index (χ3v) is 4.64. The summed E-state index contributed by atoms with van der Waals surface area (Å²) in [5.41, 5.74) is 1.66. The van der Waals surface area contributed by atoms with Crippen molar-refractivity contribution in [1.82, 2.24) is 5.32 Å². The van der Waals surface area contributed by atoms with Crippen molar-refractivity contribution >= 4 is 27.8 Å².